The Hall–Kier alpha value is -0.940. The van der Waals surface area contributed by atoms with Gasteiger partial charge in [-0.1, -0.05) is 0 Å². The Bertz CT molecular complexity index is 336. The zero-order chi connectivity index (χ0) is 11.3. The SMILES string of the molecule is Cc1nc(C)c(CNCCCC(=O)O)s1. The van der Waals surface area contributed by atoms with Gasteiger partial charge in [0.1, 0.15) is 0 Å². The summed E-state index contributed by atoms with van der Waals surface area (Å²) in [6.07, 6.45) is 0.903. The fourth-order valence-corrected chi connectivity index (χ4v) is 2.21. The van der Waals surface area contributed by atoms with Crippen LogP contribution in [-0.2, 0) is 11.3 Å². The number of thiazole rings is 1. The van der Waals surface area contributed by atoms with Gasteiger partial charge in [-0.2, -0.15) is 0 Å². The predicted molar refractivity (Wildman–Crippen MR) is 60.2 cm³/mol. The van der Waals surface area contributed by atoms with Gasteiger partial charge < -0.3 is 10.4 Å². The first kappa shape index (κ1) is 12.1. The summed E-state index contributed by atoms with van der Waals surface area (Å²) in [6.45, 7) is 5.52. The van der Waals surface area contributed by atoms with Crippen LogP contribution in [-0.4, -0.2) is 22.6 Å². The van der Waals surface area contributed by atoms with Crippen LogP contribution in [0.4, 0.5) is 0 Å². The Kier molecular flexibility index (Phi) is 4.71. The lowest BCUT2D eigenvalue weighted by atomic mass is 10.3. The molecule has 1 aromatic rings. The topological polar surface area (TPSA) is 62.2 Å². The monoisotopic (exact) mass is 228 g/mol. The molecule has 0 aromatic carbocycles. The van der Waals surface area contributed by atoms with E-state index in [9.17, 15) is 4.79 Å². The van der Waals surface area contributed by atoms with Crippen LogP contribution in [0.15, 0.2) is 0 Å². The maximum atomic E-state index is 10.3. The molecule has 5 heteroatoms. The lowest BCUT2D eigenvalue weighted by molar-refractivity contribution is -0.137. The summed E-state index contributed by atoms with van der Waals surface area (Å²) >= 11 is 1.69. The van der Waals surface area contributed by atoms with Crippen LogP contribution in [0, 0.1) is 13.8 Å². The van der Waals surface area contributed by atoms with Gasteiger partial charge in [0.05, 0.1) is 10.7 Å². The molecule has 1 aromatic heterocycles. The molecule has 0 fully saturated rings. The summed E-state index contributed by atoms with van der Waals surface area (Å²) in [4.78, 5) is 15.8. The maximum absolute atomic E-state index is 10.3. The van der Waals surface area contributed by atoms with Gasteiger partial charge in [-0.05, 0) is 26.8 Å². The molecule has 4 nitrogen and oxygen atoms in total. The third kappa shape index (κ3) is 4.40. The standard InChI is InChI=1S/C10H16N2O2S/c1-7-9(15-8(2)12-7)6-11-5-3-4-10(13)14/h11H,3-6H2,1-2H3,(H,13,14). The number of rotatable bonds is 6. The lowest BCUT2D eigenvalue weighted by Crippen LogP contribution is -2.15. The van der Waals surface area contributed by atoms with Gasteiger partial charge in [0.15, 0.2) is 0 Å². The molecule has 0 spiro atoms. The number of aryl methyl sites for hydroxylation is 2. The van der Waals surface area contributed by atoms with Crippen molar-refractivity contribution in [3.05, 3.63) is 15.6 Å². The maximum Gasteiger partial charge on any atom is 0.303 e. The zero-order valence-electron chi connectivity index (χ0n) is 9.04. The van der Waals surface area contributed by atoms with E-state index < -0.39 is 5.97 Å². The molecule has 15 heavy (non-hydrogen) atoms. The number of hydrogen-bond donors (Lipinski definition) is 2. The highest BCUT2D eigenvalue weighted by molar-refractivity contribution is 7.11. The number of aromatic nitrogens is 1. The van der Waals surface area contributed by atoms with Crippen molar-refractivity contribution >= 4 is 17.3 Å². The van der Waals surface area contributed by atoms with E-state index in [0.717, 1.165) is 23.8 Å². The van der Waals surface area contributed by atoms with E-state index in [4.69, 9.17) is 5.11 Å². The van der Waals surface area contributed by atoms with Crippen molar-refractivity contribution in [1.82, 2.24) is 10.3 Å². The second-order valence-corrected chi connectivity index (χ2v) is 4.70. The first-order valence-electron chi connectivity index (χ1n) is 4.95. The molecule has 0 aliphatic carbocycles. The number of carbonyl (C=O) groups is 1. The molecule has 0 aliphatic heterocycles. The number of carboxylic acid groups (broad SMARTS) is 1. The summed E-state index contributed by atoms with van der Waals surface area (Å²) in [5.41, 5.74) is 1.07. The van der Waals surface area contributed by atoms with Crippen molar-refractivity contribution in [1.29, 1.82) is 0 Å². The Morgan fingerprint density at radius 1 is 1.53 bits per heavy atom. The molecule has 2 N–H and O–H groups in total. The van der Waals surface area contributed by atoms with Gasteiger partial charge in [-0.15, -0.1) is 11.3 Å². The fourth-order valence-electron chi connectivity index (χ4n) is 1.30. The van der Waals surface area contributed by atoms with E-state index in [2.05, 4.69) is 10.3 Å². The Labute approximate surface area is 93.4 Å². The number of hydrogen-bond acceptors (Lipinski definition) is 4. The van der Waals surface area contributed by atoms with E-state index in [-0.39, 0.29) is 6.42 Å². The van der Waals surface area contributed by atoms with E-state index >= 15 is 0 Å². The van der Waals surface area contributed by atoms with Crippen molar-refractivity contribution in [2.24, 2.45) is 0 Å². The molecular weight excluding hydrogens is 212 g/mol. The van der Waals surface area contributed by atoms with Crippen LogP contribution in [0.2, 0.25) is 0 Å². The Morgan fingerprint density at radius 2 is 2.27 bits per heavy atom. The highest BCUT2D eigenvalue weighted by atomic mass is 32.1. The van der Waals surface area contributed by atoms with Crippen LogP contribution in [0.3, 0.4) is 0 Å². The number of nitrogens with zero attached hydrogens (tertiary/aromatic N) is 1. The normalized spacial score (nSPS) is 10.5. The fraction of sp³-hybridized carbons (Fsp3) is 0.600. The van der Waals surface area contributed by atoms with Gasteiger partial charge >= 0.3 is 5.97 Å². The third-order valence-electron chi connectivity index (χ3n) is 2.03. The number of carboxylic acids is 1. The number of nitrogens with one attached hydrogen (secondary N) is 1. The van der Waals surface area contributed by atoms with Crippen molar-refractivity contribution < 1.29 is 9.90 Å². The average Bonchev–Trinajstić information content (AvgIpc) is 2.44. The summed E-state index contributed by atoms with van der Waals surface area (Å²) in [5.74, 6) is -0.735. The number of aliphatic carboxylic acids is 1. The molecule has 1 rings (SSSR count). The van der Waals surface area contributed by atoms with Crippen molar-refractivity contribution in [3.8, 4) is 0 Å². The molecule has 0 aliphatic rings. The Morgan fingerprint density at radius 3 is 2.80 bits per heavy atom. The van der Waals surface area contributed by atoms with Crippen molar-refractivity contribution in [2.75, 3.05) is 6.54 Å². The van der Waals surface area contributed by atoms with Crippen LogP contribution >= 0.6 is 11.3 Å². The minimum atomic E-state index is -0.735. The van der Waals surface area contributed by atoms with E-state index in [1.165, 1.54) is 4.88 Å². The van der Waals surface area contributed by atoms with Gasteiger partial charge in [-0.25, -0.2) is 4.98 Å². The van der Waals surface area contributed by atoms with Crippen LogP contribution in [0.5, 0.6) is 0 Å². The summed E-state index contributed by atoms with van der Waals surface area (Å²) in [5, 5.41) is 12.7. The van der Waals surface area contributed by atoms with Gasteiger partial charge in [-0.3, -0.25) is 4.79 Å². The molecule has 0 radical (unpaired) electrons. The smallest absolute Gasteiger partial charge is 0.303 e. The summed E-state index contributed by atoms with van der Waals surface area (Å²) in [6, 6.07) is 0. The summed E-state index contributed by atoms with van der Waals surface area (Å²) < 4.78 is 0. The van der Waals surface area contributed by atoms with Crippen LogP contribution < -0.4 is 5.32 Å². The average molecular weight is 228 g/mol. The molecule has 0 saturated heterocycles. The molecule has 1 heterocycles. The third-order valence-corrected chi connectivity index (χ3v) is 3.10. The first-order chi connectivity index (χ1) is 7.09. The summed E-state index contributed by atoms with van der Waals surface area (Å²) in [7, 11) is 0. The molecule has 0 amide bonds. The quantitative estimate of drug-likeness (QED) is 0.728. The second-order valence-electron chi connectivity index (χ2n) is 3.42. The van der Waals surface area contributed by atoms with Gasteiger partial charge in [0.2, 0.25) is 0 Å². The van der Waals surface area contributed by atoms with Crippen LogP contribution in [0.25, 0.3) is 0 Å². The van der Waals surface area contributed by atoms with Crippen molar-refractivity contribution in [3.63, 3.8) is 0 Å². The highest BCUT2D eigenvalue weighted by Crippen LogP contribution is 2.16. The molecular formula is C10H16N2O2S. The first-order valence-corrected chi connectivity index (χ1v) is 5.76. The van der Waals surface area contributed by atoms with Crippen LogP contribution in [0.1, 0.15) is 28.4 Å². The highest BCUT2D eigenvalue weighted by Gasteiger charge is 2.03. The molecule has 0 bridgehead atoms. The lowest BCUT2D eigenvalue weighted by Gasteiger charge is -2.01. The van der Waals surface area contributed by atoms with E-state index in [1.807, 2.05) is 13.8 Å². The predicted octanol–water partition coefficient (Wildman–Crippen LogP) is 1.71. The van der Waals surface area contributed by atoms with Gasteiger partial charge in [0.25, 0.3) is 0 Å². The minimum Gasteiger partial charge on any atom is -0.481 e. The molecule has 0 saturated carbocycles. The zero-order valence-corrected chi connectivity index (χ0v) is 9.86. The van der Waals surface area contributed by atoms with Gasteiger partial charge in [0, 0.05) is 17.8 Å². The van der Waals surface area contributed by atoms with Crippen molar-refractivity contribution in [2.45, 2.75) is 33.2 Å². The molecule has 0 unspecified atom stereocenters. The minimum absolute atomic E-state index is 0.230. The largest absolute Gasteiger partial charge is 0.481 e. The van der Waals surface area contributed by atoms with E-state index in [1.54, 1.807) is 11.3 Å². The van der Waals surface area contributed by atoms with E-state index in [0.29, 0.717) is 6.42 Å². The second kappa shape index (κ2) is 5.82. The molecule has 0 atom stereocenters. The molecule has 84 valence electrons. The Balaban J connectivity index is 2.20.